The molecule has 0 fully saturated rings. The van der Waals surface area contributed by atoms with E-state index in [0.717, 1.165) is 29.5 Å². The number of fused-ring (bicyclic) bond motifs is 1. The highest BCUT2D eigenvalue weighted by Gasteiger charge is 2.19. The molecule has 0 spiro atoms. The summed E-state index contributed by atoms with van der Waals surface area (Å²) in [6, 6.07) is 5.86. The molecule has 0 saturated heterocycles. The molecule has 4 nitrogen and oxygen atoms in total. The maximum atomic E-state index is 12.5. The van der Waals surface area contributed by atoms with Crippen molar-refractivity contribution in [3.05, 3.63) is 45.7 Å². The van der Waals surface area contributed by atoms with Gasteiger partial charge in [-0.2, -0.15) is 5.10 Å². The minimum atomic E-state index is 0.000230. The van der Waals surface area contributed by atoms with E-state index in [-0.39, 0.29) is 5.78 Å². The monoisotopic (exact) mass is 319 g/mol. The second-order valence-electron chi connectivity index (χ2n) is 4.70. The average Bonchev–Trinajstić information content (AvgIpc) is 2.77. The van der Waals surface area contributed by atoms with Gasteiger partial charge in [0.1, 0.15) is 5.69 Å². The zero-order chi connectivity index (χ0) is 13.4. The van der Waals surface area contributed by atoms with Gasteiger partial charge in [-0.15, -0.1) is 0 Å². The van der Waals surface area contributed by atoms with Crippen molar-refractivity contribution >= 4 is 27.4 Å². The lowest BCUT2D eigenvalue weighted by atomic mass is 9.98. The van der Waals surface area contributed by atoms with Crippen LogP contribution in [0.15, 0.2) is 28.9 Å². The van der Waals surface area contributed by atoms with E-state index in [0.29, 0.717) is 11.3 Å². The van der Waals surface area contributed by atoms with E-state index in [1.54, 1.807) is 17.9 Å². The molecule has 2 heterocycles. The van der Waals surface area contributed by atoms with E-state index < -0.39 is 0 Å². The quantitative estimate of drug-likeness (QED) is 0.866. The van der Waals surface area contributed by atoms with Crippen molar-refractivity contribution < 1.29 is 4.79 Å². The van der Waals surface area contributed by atoms with Gasteiger partial charge in [-0.25, -0.2) is 0 Å². The minimum absolute atomic E-state index is 0.000230. The fourth-order valence-electron chi connectivity index (χ4n) is 2.42. The number of carbonyl (C=O) groups excluding carboxylic acids is 1. The standard InChI is InChI=1S/C14H14BrN3O/c1-18-13(11(15)8-17-18)14(19)10-4-5-12-9(7-10)3-2-6-16-12/h4-5,7-8,16H,2-3,6H2,1H3. The van der Waals surface area contributed by atoms with E-state index in [2.05, 4.69) is 26.3 Å². The third kappa shape index (κ3) is 2.18. The van der Waals surface area contributed by atoms with Gasteiger partial charge >= 0.3 is 0 Å². The molecule has 1 aliphatic rings. The van der Waals surface area contributed by atoms with Crippen molar-refractivity contribution in [3.63, 3.8) is 0 Å². The van der Waals surface area contributed by atoms with Crippen LogP contribution in [0.5, 0.6) is 0 Å². The number of nitrogens with zero attached hydrogens (tertiary/aromatic N) is 2. The summed E-state index contributed by atoms with van der Waals surface area (Å²) in [6.45, 7) is 1.01. The Kier molecular flexibility index (Phi) is 3.14. The Morgan fingerprint density at radius 2 is 2.32 bits per heavy atom. The van der Waals surface area contributed by atoms with Crippen LogP contribution in [0.1, 0.15) is 28.0 Å². The molecule has 19 heavy (non-hydrogen) atoms. The van der Waals surface area contributed by atoms with Crippen molar-refractivity contribution in [1.82, 2.24) is 9.78 Å². The SMILES string of the molecule is Cn1ncc(Br)c1C(=O)c1ccc2c(c1)CCCN2. The van der Waals surface area contributed by atoms with Gasteiger partial charge in [-0.1, -0.05) is 0 Å². The normalized spacial score (nSPS) is 13.8. The van der Waals surface area contributed by atoms with Gasteiger partial charge in [0.05, 0.1) is 10.7 Å². The van der Waals surface area contributed by atoms with Crippen molar-refractivity contribution in [1.29, 1.82) is 0 Å². The molecule has 5 heteroatoms. The molecule has 0 radical (unpaired) electrons. The Morgan fingerprint density at radius 1 is 1.47 bits per heavy atom. The van der Waals surface area contributed by atoms with Crippen molar-refractivity contribution in [2.75, 3.05) is 11.9 Å². The molecule has 0 amide bonds. The van der Waals surface area contributed by atoms with Gasteiger partial charge in [0.2, 0.25) is 5.78 Å². The van der Waals surface area contributed by atoms with Crippen LogP contribution in [0.2, 0.25) is 0 Å². The van der Waals surface area contributed by atoms with Gasteiger partial charge in [0.25, 0.3) is 0 Å². The minimum Gasteiger partial charge on any atom is -0.385 e. The zero-order valence-electron chi connectivity index (χ0n) is 10.6. The fraction of sp³-hybridized carbons (Fsp3) is 0.286. The van der Waals surface area contributed by atoms with Crippen molar-refractivity contribution in [2.45, 2.75) is 12.8 Å². The predicted molar refractivity (Wildman–Crippen MR) is 77.6 cm³/mol. The van der Waals surface area contributed by atoms with Crippen LogP contribution in [-0.2, 0) is 13.5 Å². The number of hydrogen-bond donors (Lipinski definition) is 1. The van der Waals surface area contributed by atoms with Crippen LogP contribution in [0.25, 0.3) is 0 Å². The highest BCUT2D eigenvalue weighted by Crippen LogP contribution is 2.25. The number of halogens is 1. The molecule has 0 unspecified atom stereocenters. The number of ketones is 1. The lowest BCUT2D eigenvalue weighted by Gasteiger charge is -2.18. The van der Waals surface area contributed by atoms with Crippen molar-refractivity contribution in [3.8, 4) is 0 Å². The summed E-state index contributed by atoms with van der Waals surface area (Å²) in [4.78, 5) is 12.5. The first-order valence-corrected chi connectivity index (χ1v) is 7.05. The smallest absolute Gasteiger partial charge is 0.212 e. The second-order valence-corrected chi connectivity index (χ2v) is 5.55. The maximum absolute atomic E-state index is 12.5. The molecule has 3 rings (SSSR count). The predicted octanol–water partition coefficient (Wildman–Crippen LogP) is 2.77. The summed E-state index contributed by atoms with van der Waals surface area (Å²) < 4.78 is 2.33. The Morgan fingerprint density at radius 3 is 3.05 bits per heavy atom. The summed E-state index contributed by atoms with van der Waals surface area (Å²) in [6.07, 6.45) is 3.78. The molecule has 1 aromatic heterocycles. The van der Waals surface area contributed by atoms with E-state index in [1.807, 2.05) is 18.2 Å². The zero-order valence-corrected chi connectivity index (χ0v) is 12.2. The van der Waals surface area contributed by atoms with Crippen molar-refractivity contribution in [2.24, 2.45) is 7.05 Å². The molecule has 0 atom stereocenters. The average molecular weight is 320 g/mol. The number of carbonyl (C=O) groups is 1. The number of rotatable bonds is 2. The molecule has 0 aliphatic carbocycles. The molecular formula is C14H14BrN3O. The molecule has 0 saturated carbocycles. The Bertz CT molecular complexity index is 629. The van der Waals surface area contributed by atoms with Gasteiger partial charge in [0, 0.05) is 24.8 Å². The number of anilines is 1. The molecule has 98 valence electrons. The third-order valence-corrected chi connectivity index (χ3v) is 4.00. The van der Waals surface area contributed by atoms with Crippen LogP contribution < -0.4 is 5.32 Å². The summed E-state index contributed by atoms with van der Waals surface area (Å²) in [7, 11) is 1.78. The van der Waals surface area contributed by atoms with Crippen LogP contribution >= 0.6 is 15.9 Å². The largest absolute Gasteiger partial charge is 0.385 e. The van der Waals surface area contributed by atoms with Crippen LogP contribution in [0.4, 0.5) is 5.69 Å². The van der Waals surface area contributed by atoms with E-state index in [9.17, 15) is 4.79 Å². The first kappa shape index (κ1) is 12.4. The lowest BCUT2D eigenvalue weighted by molar-refractivity contribution is 0.102. The van der Waals surface area contributed by atoms with Gasteiger partial charge in [-0.3, -0.25) is 9.48 Å². The van der Waals surface area contributed by atoms with Crippen LogP contribution in [0, 0.1) is 0 Å². The summed E-state index contributed by atoms with van der Waals surface area (Å²) >= 11 is 3.37. The summed E-state index contributed by atoms with van der Waals surface area (Å²) in [5, 5.41) is 7.43. The Balaban J connectivity index is 2.01. The molecule has 1 N–H and O–H groups in total. The number of benzene rings is 1. The lowest BCUT2D eigenvalue weighted by Crippen LogP contribution is -2.14. The fourth-order valence-corrected chi connectivity index (χ4v) is 2.95. The Labute approximate surface area is 119 Å². The topological polar surface area (TPSA) is 46.9 Å². The number of hydrogen-bond acceptors (Lipinski definition) is 3. The summed E-state index contributed by atoms with van der Waals surface area (Å²) in [5.74, 6) is 0.000230. The Hall–Kier alpha value is -1.62. The number of aromatic nitrogens is 2. The molecular weight excluding hydrogens is 306 g/mol. The van der Waals surface area contributed by atoms with Gasteiger partial charge in [0.15, 0.2) is 0 Å². The number of aryl methyl sites for hydroxylation is 2. The van der Waals surface area contributed by atoms with E-state index in [1.165, 1.54) is 5.56 Å². The maximum Gasteiger partial charge on any atom is 0.212 e. The van der Waals surface area contributed by atoms with Gasteiger partial charge < -0.3 is 5.32 Å². The van der Waals surface area contributed by atoms with Crippen LogP contribution in [-0.4, -0.2) is 22.1 Å². The highest BCUT2D eigenvalue weighted by atomic mass is 79.9. The first-order valence-electron chi connectivity index (χ1n) is 6.26. The number of nitrogens with one attached hydrogen (secondary N) is 1. The second kappa shape index (κ2) is 4.81. The van der Waals surface area contributed by atoms with E-state index in [4.69, 9.17) is 0 Å². The molecule has 0 bridgehead atoms. The summed E-state index contributed by atoms with van der Waals surface area (Å²) in [5.41, 5.74) is 3.66. The first-order chi connectivity index (χ1) is 9.16. The van der Waals surface area contributed by atoms with Crippen LogP contribution in [0.3, 0.4) is 0 Å². The molecule has 1 aliphatic heterocycles. The molecule has 1 aromatic carbocycles. The highest BCUT2D eigenvalue weighted by molar-refractivity contribution is 9.10. The van der Waals surface area contributed by atoms with Gasteiger partial charge in [-0.05, 0) is 52.5 Å². The third-order valence-electron chi connectivity index (χ3n) is 3.41. The van der Waals surface area contributed by atoms with E-state index >= 15 is 0 Å². The molecule has 2 aromatic rings.